The molecule has 2 heteroatoms. The SMILES string of the molecule is CCCCC/C=C\CCCC/C=C/COC(C)=O. The van der Waals surface area contributed by atoms with Crippen molar-refractivity contribution in [3.8, 4) is 0 Å². The Balaban J connectivity index is 3.17. The van der Waals surface area contributed by atoms with Gasteiger partial charge in [-0.15, -0.1) is 0 Å². The number of ether oxygens (including phenoxy) is 1. The van der Waals surface area contributed by atoms with Crippen molar-refractivity contribution in [2.45, 2.75) is 65.2 Å². The van der Waals surface area contributed by atoms with Gasteiger partial charge in [-0.2, -0.15) is 0 Å². The summed E-state index contributed by atoms with van der Waals surface area (Å²) in [6.07, 6.45) is 18.5. The van der Waals surface area contributed by atoms with Crippen LogP contribution in [-0.4, -0.2) is 12.6 Å². The Morgan fingerprint density at radius 3 is 1.89 bits per heavy atom. The van der Waals surface area contributed by atoms with Crippen LogP contribution in [-0.2, 0) is 9.53 Å². The molecule has 0 N–H and O–H groups in total. The maximum atomic E-state index is 10.5. The minimum absolute atomic E-state index is 0.215. The van der Waals surface area contributed by atoms with Gasteiger partial charge in [0.05, 0.1) is 0 Å². The maximum Gasteiger partial charge on any atom is 0.302 e. The predicted octanol–water partition coefficient (Wildman–Crippen LogP) is 4.80. The van der Waals surface area contributed by atoms with Gasteiger partial charge in [0.1, 0.15) is 6.61 Å². The van der Waals surface area contributed by atoms with Gasteiger partial charge in [0.25, 0.3) is 0 Å². The van der Waals surface area contributed by atoms with E-state index in [0.29, 0.717) is 6.61 Å². The van der Waals surface area contributed by atoms with Crippen LogP contribution in [0.2, 0.25) is 0 Å². The van der Waals surface area contributed by atoms with Crippen molar-refractivity contribution in [1.29, 1.82) is 0 Å². The highest BCUT2D eigenvalue weighted by Gasteiger charge is 1.87. The number of esters is 1. The molecule has 0 aromatic rings. The summed E-state index contributed by atoms with van der Waals surface area (Å²) in [7, 11) is 0. The van der Waals surface area contributed by atoms with Crippen molar-refractivity contribution in [3.63, 3.8) is 0 Å². The Bertz CT molecular complexity index is 241. The lowest BCUT2D eigenvalue weighted by Crippen LogP contribution is -1.97. The van der Waals surface area contributed by atoms with Gasteiger partial charge in [-0.05, 0) is 38.5 Å². The molecule has 0 fully saturated rings. The molecule has 0 spiro atoms. The topological polar surface area (TPSA) is 26.3 Å². The van der Waals surface area contributed by atoms with Gasteiger partial charge in [-0.1, -0.05) is 44.1 Å². The molecule has 0 heterocycles. The van der Waals surface area contributed by atoms with E-state index in [0.717, 1.165) is 6.42 Å². The normalized spacial score (nSPS) is 11.4. The number of hydrogen-bond donors (Lipinski definition) is 0. The van der Waals surface area contributed by atoms with Crippen LogP contribution in [0.3, 0.4) is 0 Å². The summed E-state index contributed by atoms with van der Waals surface area (Å²) in [4.78, 5) is 10.5. The van der Waals surface area contributed by atoms with E-state index in [2.05, 4.69) is 25.2 Å². The maximum absolute atomic E-state index is 10.5. The van der Waals surface area contributed by atoms with Crippen molar-refractivity contribution in [2.24, 2.45) is 0 Å². The summed E-state index contributed by atoms with van der Waals surface area (Å²) in [5.74, 6) is -0.215. The second-order valence-electron chi connectivity index (χ2n) is 4.53. The average molecular weight is 252 g/mol. The van der Waals surface area contributed by atoms with Crippen LogP contribution in [0.25, 0.3) is 0 Å². The highest BCUT2D eigenvalue weighted by molar-refractivity contribution is 5.65. The van der Waals surface area contributed by atoms with E-state index in [1.165, 1.54) is 51.9 Å². The monoisotopic (exact) mass is 252 g/mol. The van der Waals surface area contributed by atoms with Gasteiger partial charge in [0.2, 0.25) is 0 Å². The lowest BCUT2D eigenvalue weighted by Gasteiger charge is -1.96. The Kier molecular flexibility index (Phi) is 13.2. The first-order valence-electron chi connectivity index (χ1n) is 7.20. The minimum atomic E-state index is -0.215. The number of carbonyl (C=O) groups is 1. The van der Waals surface area contributed by atoms with E-state index in [9.17, 15) is 4.79 Å². The molecule has 0 aromatic carbocycles. The zero-order valence-corrected chi connectivity index (χ0v) is 12.0. The van der Waals surface area contributed by atoms with Gasteiger partial charge < -0.3 is 4.74 Å². The summed E-state index contributed by atoms with van der Waals surface area (Å²) in [6.45, 7) is 4.08. The molecule has 0 aliphatic heterocycles. The average Bonchev–Trinajstić information content (AvgIpc) is 2.34. The molecular formula is C16H28O2. The number of rotatable bonds is 11. The lowest BCUT2D eigenvalue weighted by atomic mass is 10.1. The Morgan fingerprint density at radius 1 is 0.889 bits per heavy atom. The van der Waals surface area contributed by atoms with E-state index in [-0.39, 0.29) is 5.97 Å². The van der Waals surface area contributed by atoms with Gasteiger partial charge in [-0.25, -0.2) is 0 Å². The van der Waals surface area contributed by atoms with E-state index in [1.807, 2.05) is 6.08 Å². The van der Waals surface area contributed by atoms with E-state index >= 15 is 0 Å². The van der Waals surface area contributed by atoms with Crippen LogP contribution in [0.5, 0.6) is 0 Å². The van der Waals surface area contributed by atoms with E-state index < -0.39 is 0 Å². The first-order valence-corrected chi connectivity index (χ1v) is 7.20. The second kappa shape index (κ2) is 14.0. The number of unbranched alkanes of at least 4 members (excludes halogenated alkanes) is 6. The number of allylic oxidation sites excluding steroid dienone is 3. The summed E-state index contributed by atoms with van der Waals surface area (Å²) in [6, 6.07) is 0. The van der Waals surface area contributed by atoms with Crippen molar-refractivity contribution >= 4 is 5.97 Å². The Labute approximate surface area is 112 Å². The standard InChI is InChI=1S/C16H28O2/c1-3-4-5-6-7-8-9-10-11-12-13-14-15-18-16(2)17/h7-8,13-14H,3-6,9-12,15H2,1-2H3/b8-7-,14-13+. The molecular weight excluding hydrogens is 224 g/mol. The van der Waals surface area contributed by atoms with Crippen molar-refractivity contribution in [3.05, 3.63) is 24.3 Å². The largest absolute Gasteiger partial charge is 0.462 e. The minimum Gasteiger partial charge on any atom is -0.462 e. The first-order chi connectivity index (χ1) is 8.77. The molecule has 0 aliphatic rings. The fraction of sp³-hybridized carbons (Fsp3) is 0.688. The van der Waals surface area contributed by atoms with E-state index in [1.54, 1.807) is 0 Å². The highest BCUT2D eigenvalue weighted by atomic mass is 16.5. The van der Waals surface area contributed by atoms with Crippen LogP contribution in [0.1, 0.15) is 65.2 Å². The summed E-state index contributed by atoms with van der Waals surface area (Å²) >= 11 is 0. The second-order valence-corrected chi connectivity index (χ2v) is 4.53. The third-order valence-corrected chi connectivity index (χ3v) is 2.68. The fourth-order valence-electron chi connectivity index (χ4n) is 1.62. The Hall–Kier alpha value is -1.05. The molecule has 0 aromatic heterocycles. The molecule has 0 unspecified atom stereocenters. The number of hydrogen-bond acceptors (Lipinski definition) is 2. The molecule has 2 nitrogen and oxygen atoms in total. The molecule has 0 rings (SSSR count). The van der Waals surface area contributed by atoms with Crippen LogP contribution >= 0.6 is 0 Å². The van der Waals surface area contributed by atoms with Crippen LogP contribution < -0.4 is 0 Å². The van der Waals surface area contributed by atoms with Gasteiger partial charge in [0, 0.05) is 6.92 Å². The van der Waals surface area contributed by atoms with Crippen molar-refractivity contribution in [1.82, 2.24) is 0 Å². The quantitative estimate of drug-likeness (QED) is 0.300. The first kappa shape index (κ1) is 16.9. The van der Waals surface area contributed by atoms with Gasteiger partial charge in [-0.3, -0.25) is 4.79 Å². The van der Waals surface area contributed by atoms with E-state index in [4.69, 9.17) is 4.74 Å². The molecule has 0 radical (unpaired) electrons. The zero-order valence-electron chi connectivity index (χ0n) is 12.0. The molecule has 0 aliphatic carbocycles. The Morgan fingerprint density at radius 2 is 1.39 bits per heavy atom. The summed E-state index contributed by atoms with van der Waals surface area (Å²) in [5.41, 5.74) is 0. The summed E-state index contributed by atoms with van der Waals surface area (Å²) < 4.78 is 4.80. The van der Waals surface area contributed by atoms with Crippen LogP contribution in [0.4, 0.5) is 0 Å². The smallest absolute Gasteiger partial charge is 0.302 e. The lowest BCUT2D eigenvalue weighted by molar-refractivity contribution is -0.139. The molecule has 0 amide bonds. The van der Waals surface area contributed by atoms with Crippen LogP contribution in [0.15, 0.2) is 24.3 Å². The third kappa shape index (κ3) is 14.9. The molecule has 0 saturated heterocycles. The van der Waals surface area contributed by atoms with Gasteiger partial charge in [0.15, 0.2) is 0 Å². The molecule has 0 saturated carbocycles. The fourth-order valence-corrected chi connectivity index (χ4v) is 1.62. The zero-order chi connectivity index (χ0) is 13.5. The van der Waals surface area contributed by atoms with Gasteiger partial charge >= 0.3 is 5.97 Å². The molecule has 0 atom stereocenters. The highest BCUT2D eigenvalue weighted by Crippen LogP contribution is 2.04. The van der Waals surface area contributed by atoms with Crippen molar-refractivity contribution < 1.29 is 9.53 Å². The molecule has 18 heavy (non-hydrogen) atoms. The summed E-state index contributed by atoms with van der Waals surface area (Å²) in [5, 5.41) is 0. The number of carbonyl (C=O) groups excluding carboxylic acids is 1. The third-order valence-electron chi connectivity index (χ3n) is 2.68. The van der Waals surface area contributed by atoms with Crippen LogP contribution in [0, 0.1) is 0 Å². The predicted molar refractivity (Wildman–Crippen MR) is 77.5 cm³/mol. The molecule has 0 bridgehead atoms. The van der Waals surface area contributed by atoms with Crippen molar-refractivity contribution in [2.75, 3.05) is 6.61 Å². The molecule has 104 valence electrons.